The molecule has 0 spiro atoms. The van der Waals surface area contributed by atoms with Gasteiger partial charge in [-0.25, -0.2) is 87.8 Å². The van der Waals surface area contributed by atoms with Crippen LogP contribution in [0.1, 0.15) is 10.4 Å². The van der Waals surface area contributed by atoms with Gasteiger partial charge < -0.3 is 0 Å². The number of nitrogens with zero attached hydrogens (tertiary/aromatic N) is 1. The summed E-state index contributed by atoms with van der Waals surface area (Å²) in [6, 6.07) is 16.5. The third-order valence-corrected chi connectivity index (χ3v) is 10.0. The summed E-state index contributed by atoms with van der Waals surface area (Å²) >= 11 is 0. The number of aromatic nitrogens is 1. The zero-order valence-corrected chi connectivity index (χ0v) is 31.2. The molecule has 0 radical (unpaired) electrons. The Morgan fingerprint density at radius 3 is 0.955 bits per heavy atom. The van der Waals surface area contributed by atoms with Crippen LogP contribution in [0.3, 0.4) is 0 Å². The van der Waals surface area contributed by atoms with E-state index in [2.05, 4.69) is 0 Å². The molecule has 6 aromatic carbocycles. The molecule has 0 fully saturated rings. The number of carbonyl (C=O) groups excluding carboxylic acids is 1. The summed E-state index contributed by atoms with van der Waals surface area (Å²) in [5.41, 5.74) is -13.4. The first-order valence-corrected chi connectivity index (χ1v) is 17.4. The van der Waals surface area contributed by atoms with Crippen molar-refractivity contribution in [3.8, 4) is 0 Å². The van der Waals surface area contributed by atoms with Gasteiger partial charge in [0.1, 0.15) is 52.7 Å². The van der Waals surface area contributed by atoms with Crippen LogP contribution < -0.4 is 26.4 Å². The van der Waals surface area contributed by atoms with Gasteiger partial charge in [0, 0.05) is 17.0 Å². The monoisotopic (exact) mass is 963 g/mol. The lowest BCUT2D eigenvalue weighted by atomic mass is 9.12. The van der Waals surface area contributed by atoms with Crippen LogP contribution in [-0.2, 0) is 6.54 Å². The Labute approximate surface area is 351 Å². The summed E-state index contributed by atoms with van der Waals surface area (Å²) in [5.74, 6) is -73.7. The fourth-order valence-corrected chi connectivity index (χ4v) is 7.17. The summed E-state index contributed by atoms with van der Waals surface area (Å²) in [6.45, 7) is -0.242. The topological polar surface area (TPSA) is 20.9 Å². The second-order valence-electron chi connectivity index (χ2n) is 13.5. The molecule has 0 aliphatic carbocycles. The molecule has 1 aromatic heterocycles. The molecule has 25 heteroatoms. The summed E-state index contributed by atoms with van der Waals surface area (Å²) in [6.07, 6.45) is -7.22. The van der Waals surface area contributed by atoms with E-state index in [4.69, 9.17) is 0 Å². The van der Waals surface area contributed by atoms with E-state index in [1.165, 1.54) is 0 Å². The van der Waals surface area contributed by atoms with Gasteiger partial charge in [0.05, 0.1) is 0 Å². The first kappa shape index (κ1) is 48.4. The highest BCUT2D eigenvalue weighted by Crippen LogP contribution is 2.31. The number of ketones is 1. The fraction of sp³-hybridized carbons (Fsp3) is 0.0244. The van der Waals surface area contributed by atoms with Crippen LogP contribution in [0.15, 0.2) is 60.7 Å². The minimum Gasteiger partial charge on any atom is -0.287 e. The van der Waals surface area contributed by atoms with E-state index in [0.717, 1.165) is 10.6 Å². The lowest BCUT2D eigenvalue weighted by molar-refractivity contribution is -0.687. The van der Waals surface area contributed by atoms with Crippen LogP contribution in [0.4, 0.5) is 96.6 Å². The zero-order chi connectivity index (χ0) is 49.2. The molecular weight excluding hydrogens is 951 g/mol. The molecule has 0 saturated carbocycles. The van der Waals surface area contributed by atoms with Crippen molar-refractivity contribution >= 4 is 44.7 Å². The summed E-state index contributed by atoms with van der Waals surface area (Å²) in [4.78, 5) is 12.2. The van der Waals surface area contributed by atoms with Crippen LogP contribution in [0.25, 0.3) is 10.9 Å². The van der Waals surface area contributed by atoms with Crippen molar-refractivity contribution in [3.63, 3.8) is 0 Å². The molecule has 0 atom stereocenters. The van der Waals surface area contributed by atoms with E-state index < -0.39 is 156 Å². The van der Waals surface area contributed by atoms with E-state index in [-0.39, 0.29) is 12.3 Å². The fourth-order valence-electron chi connectivity index (χ4n) is 7.17. The van der Waals surface area contributed by atoms with Gasteiger partial charge in [-0.05, 0) is 12.1 Å². The standard InChI is InChI=1S/C24BF20.C17H12F2NO/c26-5-1(6(27)14(35)21(42)13(5)34)25(2-7(28)15(36)22(43)16(37)8(2)29,3-9(30)17(38)23(44)18(39)10(3)31)4-11(32)19(40)24(45)20(41)12(4)33;18-14-10-13-8-4-5-9-15(13)20(17(14)19)11-16(21)12-6-2-1-3-7-12/h;1-10H,11H2/q-1;+1. The molecule has 0 aliphatic heterocycles. The second-order valence-corrected chi connectivity index (χ2v) is 13.5. The Balaban J connectivity index is 0.000000284. The molecule has 344 valence electrons. The lowest BCUT2D eigenvalue weighted by Gasteiger charge is -2.44. The van der Waals surface area contributed by atoms with Gasteiger partial charge in [-0.3, -0.25) is 4.79 Å². The number of fused-ring (bicyclic) bond motifs is 1. The molecule has 0 unspecified atom stereocenters. The van der Waals surface area contributed by atoms with Crippen molar-refractivity contribution in [3.05, 3.63) is 194 Å². The van der Waals surface area contributed by atoms with E-state index in [1.54, 1.807) is 54.6 Å². The number of Topliss-reactive ketones (excluding diaryl/α,β-unsaturated/α-hetero) is 1. The highest BCUT2D eigenvalue weighted by molar-refractivity contribution is 7.20. The SMILES string of the molecule is Fc1c(F)c(F)c([B-](c2c(F)c(F)c(F)c(F)c2F)(c2c(F)c(F)c(F)c(F)c2F)c2c(F)c(F)c(F)c(F)c2F)c(F)c1F.O=C(C[n+]1c(F)c(F)cc2ccccc21)c1ccccc1. The van der Waals surface area contributed by atoms with Gasteiger partial charge >= 0.3 is 5.95 Å². The third kappa shape index (κ3) is 7.32. The molecule has 0 amide bonds. The third-order valence-electron chi connectivity index (χ3n) is 10.0. The summed E-state index contributed by atoms with van der Waals surface area (Å²) in [5, 5.41) is 0.553. The molecule has 0 saturated heterocycles. The van der Waals surface area contributed by atoms with Crippen molar-refractivity contribution in [2.75, 3.05) is 0 Å². The Kier molecular flexibility index (Phi) is 13.0. The number of carbonyl (C=O) groups is 1. The Hall–Kier alpha value is -7.08. The van der Waals surface area contributed by atoms with Gasteiger partial charge in [0.25, 0.3) is 0 Å². The number of hydrogen-bond donors (Lipinski definition) is 0. The van der Waals surface area contributed by atoms with Gasteiger partial charge in [-0.2, -0.15) is 8.96 Å². The number of pyridine rings is 1. The normalized spacial score (nSPS) is 11.6. The number of rotatable bonds is 7. The minimum absolute atomic E-state index is 0.242. The number of para-hydroxylation sites is 1. The molecule has 66 heavy (non-hydrogen) atoms. The average molecular weight is 963 g/mol. The van der Waals surface area contributed by atoms with Crippen molar-refractivity contribution in [2.24, 2.45) is 0 Å². The molecule has 0 bridgehead atoms. The Morgan fingerprint density at radius 1 is 0.364 bits per heavy atom. The van der Waals surface area contributed by atoms with Crippen molar-refractivity contribution < 1.29 is 106 Å². The van der Waals surface area contributed by atoms with Crippen LogP contribution in [0, 0.1) is 128 Å². The highest BCUT2D eigenvalue weighted by atomic mass is 19.2. The van der Waals surface area contributed by atoms with Gasteiger partial charge in [0.15, 0.2) is 69.8 Å². The minimum atomic E-state index is -7.22. The number of hydrogen-bond acceptors (Lipinski definition) is 1. The van der Waals surface area contributed by atoms with Gasteiger partial charge in [-0.15, -0.1) is 26.2 Å². The quantitative estimate of drug-likeness (QED) is 0.0297. The van der Waals surface area contributed by atoms with Gasteiger partial charge in [0.2, 0.25) is 23.7 Å². The van der Waals surface area contributed by atoms with Crippen molar-refractivity contribution in [2.45, 2.75) is 6.54 Å². The van der Waals surface area contributed by atoms with Crippen LogP contribution in [-0.4, -0.2) is 11.9 Å². The molecule has 0 aliphatic rings. The largest absolute Gasteiger partial charge is 0.396 e. The average Bonchev–Trinajstić information content (AvgIpc) is 3.30. The van der Waals surface area contributed by atoms with Gasteiger partial charge in [-0.1, -0.05) is 42.5 Å². The smallest absolute Gasteiger partial charge is 0.287 e. The predicted molar refractivity (Wildman–Crippen MR) is 184 cm³/mol. The van der Waals surface area contributed by atoms with E-state index in [0.29, 0.717) is 16.5 Å². The zero-order valence-electron chi connectivity index (χ0n) is 31.2. The van der Waals surface area contributed by atoms with E-state index >= 15 is 35.1 Å². The molecule has 7 rings (SSSR count). The molecular formula is C41H12BF22NO. The molecule has 1 heterocycles. The van der Waals surface area contributed by atoms with E-state index in [9.17, 15) is 66.3 Å². The second kappa shape index (κ2) is 17.7. The number of halogens is 22. The summed E-state index contributed by atoms with van der Waals surface area (Å²) < 4.78 is 323. The maximum atomic E-state index is 15.4. The van der Waals surface area contributed by atoms with E-state index in [1.807, 2.05) is 0 Å². The molecule has 2 nitrogen and oxygen atoms in total. The maximum absolute atomic E-state index is 15.4. The highest BCUT2D eigenvalue weighted by Gasteiger charge is 2.52. The molecule has 7 aromatic rings. The van der Waals surface area contributed by atoms with Crippen LogP contribution in [0.2, 0.25) is 0 Å². The first-order valence-electron chi connectivity index (χ1n) is 17.4. The van der Waals surface area contributed by atoms with Crippen LogP contribution in [0.5, 0.6) is 0 Å². The Bertz CT molecular complexity index is 2780. The lowest BCUT2D eigenvalue weighted by Crippen LogP contribution is -2.81. The van der Waals surface area contributed by atoms with Crippen LogP contribution >= 0.6 is 0 Å². The summed E-state index contributed by atoms with van der Waals surface area (Å²) in [7, 11) is 0. The first-order chi connectivity index (χ1) is 30.9. The number of benzene rings is 6. The Morgan fingerprint density at radius 2 is 0.636 bits per heavy atom. The maximum Gasteiger partial charge on any atom is 0.396 e. The molecule has 0 N–H and O–H groups in total. The predicted octanol–water partition coefficient (Wildman–Crippen LogP) is 9.13. The van der Waals surface area contributed by atoms with Crippen molar-refractivity contribution in [1.82, 2.24) is 0 Å². The van der Waals surface area contributed by atoms with Crippen molar-refractivity contribution in [1.29, 1.82) is 0 Å².